The Labute approximate surface area is 113 Å². The SMILES string of the molecule is CCCC(CCC)C(=O)N[C@@H](CC(=O)OC)C(=O)O. The van der Waals surface area contributed by atoms with Crippen LogP contribution in [0.3, 0.4) is 0 Å². The van der Waals surface area contributed by atoms with Crippen molar-refractivity contribution in [3.8, 4) is 0 Å². The van der Waals surface area contributed by atoms with Crippen molar-refractivity contribution in [2.24, 2.45) is 5.92 Å². The lowest BCUT2D eigenvalue weighted by Crippen LogP contribution is -2.45. The van der Waals surface area contributed by atoms with E-state index in [9.17, 15) is 14.4 Å². The summed E-state index contributed by atoms with van der Waals surface area (Å²) < 4.78 is 4.41. The normalized spacial score (nSPS) is 12.0. The van der Waals surface area contributed by atoms with E-state index in [0.717, 1.165) is 12.8 Å². The molecule has 1 atom stereocenters. The van der Waals surface area contributed by atoms with Crippen LogP contribution in [0.5, 0.6) is 0 Å². The van der Waals surface area contributed by atoms with E-state index < -0.39 is 18.0 Å². The number of hydrogen-bond acceptors (Lipinski definition) is 4. The molecule has 19 heavy (non-hydrogen) atoms. The fraction of sp³-hybridized carbons (Fsp3) is 0.769. The third-order valence-electron chi connectivity index (χ3n) is 2.86. The number of carbonyl (C=O) groups is 3. The van der Waals surface area contributed by atoms with Crippen LogP contribution in [0.2, 0.25) is 0 Å². The van der Waals surface area contributed by atoms with Crippen LogP contribution in [-0.4, -0.2) is 36.1 Å². The van der Waals surface area contributed by atoms with Gasteiger partial charge in [-0.05, 0) is 12.8 Å². The van der Waals surface area contributed by atoms with Crippen molar-refractivity contribution in [1.82, 2.24) is 5.32 Å². The smallest absolute Gasteiger partial charge is 0.326 e. The highest BCUT2D eigenvalue weighted by atomic mass is 16.5. The third-order valence-corrected chi connectivity index (χ3v) is 2.86. The minimum absolute atomic E-state index is 0.200. The highest BCUT2D eigenvalue weighted by molar-refractivity contribution is 5.88. The van der Waals surface area contributed by atoms with Crippen molar-refractivity contribution in [2.75, 3.05) is 7.11 Å². The van der Waals surface area contributed by atoms with E-state index >= 15 is 0 Å². The van der Waals surface area contributed by atoms with Crippen molar-refractivity contribution in [1.29, 1.82) is 0 Å². The van der Waals surface area contributed by atoms with Gasteiger partial charge in [-0.25, -0.2) is 4.79 Å². The molecule has 0 radical (unpaired) electrons. The van der Waals surface area contributed by atoms with E-state index in [1.54, 1.807) is 0 Å². The standard InChI is InChI=1S/C13H23NO5/c1-4-6-9(7-5-2)12(16)14-10(13(17)18)8-11(15)19-3/h9-10H,4-8H2,1-3H3,(H,14,16)(H,17,18)/t10-/m0/s1. The molecule has 110 valence electrons. The van der Waals surface area contributed by atoms with Gasteiger partial charge in [0.05, 0.1) is 13.5 Å². The maximum Gasteiger partial charge on any atom is 0.326 e. The number of carboxylic acids is 1. The maximum atomic E-state index is 12.0. The number of hydrogen-bond donors (Lipinski definition) is 2. The molecule has 0 aliphatic heterocycles. The van der Waals surface area contributed by atoms with Gasteiger partial charge in [-0.3, -0.25) is 9.59 Å². The van der Waals surface area contributed by atoms with Gasteiger partial charge in [-0.1, -0.05) is 26.7 Å². The summed E-state index contributed by atoms with van der Waals surface area (Å²) in [5.74, 6) is -2.39. The Balaban J connectivity index is 4.59. The highest BCUT2D eigenvalue weighted by Crippen LogP contribution is 2.14. The summed E-state index contributed by atoms with van der Waals surface area (Å²) >= 11 is 0. The first-order valence-corrected chi connectivity index (χ1v) is 6.56. The van der Waals surface area contributed by atoms with Gasteiger partial charge in [0.25, 0.3) is 0 Å². The van der Waals surface area contributed by atoms with Gasteiger partial charge in [0, 0.05) is 5.92 Å². The zero-order valence-electron chi connectivity index (χ0n) is 11.8. The molecule has 0 saturated heterocycles. The third kappa shape index (κ3) is 6.79. The van der Waals surface area contributed by atoms with Crippen molar-refractivity contribution < 1.29 is 24.2 Å². The Bertz CT molecular complexity index is 310. The predicted molar refractivity (Wildman–Crippen MR) is 69.5 cm³/mol. The van der Waals surface area contributed by atoms with Gasteiger partial charge in [0.1, 0.15) is 6.04 Å². The first-order chi connectivity index (χ1) is 8.96. The quantitative estimate of drug-likeness (QED) is 0.618. The van der Waals surface area contributed by atoms with Gasteiger partial charge in [-0.2, -0.15) is 0 Å². The minimum atomic E-state index is -1.23. The molecule has 0 heterocycles. The predicted octanol–water partition coefficient (Wildman–Crippen LogP) is 1.34. The lowest BCUT2D eigenvalue weighted by Gasteiger charge is -2.19. The van der Waals surface area contributed by atoms with Crippen molar-refractivity contribution in [3.05, 3.63) is 0 Å². The first-order valence-electron chi connectivity index (χ1n) is 6.56. The number of methoxy groups -OCH3 is 1. The van der Waals surface area contributed by atoms with Crippen LogP contribution >= 0.6 is 0 Å². The van der Waals surface area contributed by atoms with Crippen molar-refractivity contribution >= 4 is 17.8 Å². The Morgan fingerprint density at radius 1 is 1.16 bits per heavy atom. The van der Waals surface area contributed by atoms with E-state index in [1.165, 1.54) is 7.11 Å². The van der Waals surface area contributed by atoms with Crippen LogP contribution in [0.25, 0.3) is 0 Å². The Morgan fingerprint density at radius 2 is 1.68 bits per heavy atom. The second-order valence-corrected chi connectivity index (χ2v) is 4.45. The average Bonchev–Trinajstić information content (AvgIpc) is 2.37. The molecular formula is C13H23NO5. The van der Waals surface area contributed by atoms with Gasteiger partial charge >= 0.3 is 11.9 Å². The maximum absolute atomic E-state index is 12.0. The molecule has 0 saturated carbocycles. The van der Waals surface area contributed by atoms with Crippen molar-refractivity contribution in [3.63, 3.8) is 0 Å². The Kier molecular flexibility index (Phi) is 8.57. The molecule has 6 nitrogen and oxygen atoms in total. The average molecular weight is 273 g/mol. The monoisotopic (exact) mass is 273 g/mol. The van der Waals surface area contributed by atoms with Gasteiger partial charge in [-0.15, -0.1) is 0 Å². The molecule has 2 N–H and O–H groups in total. The van der Waals surface area contributed by atoms with E-state index in [1.807, 2.05) is 13.8 Å². The summed E-state index contributed by atoms with van der Waals surface area (Å²) in [6.07, 6.45) is 2.77. The van der Waals surface area contributed by atoms with Crippen LogP contribution < -0.4 is 5.32 Å². The fourth-order valence-corrected chi connectivity index (χ4v) is 1.84. The number of esters is 1. The number of aliphatic carboxylic acids is 1. The zero-order chi connectivity index (χ0) is 14.8. The lowest BCUT2D eigenvalue weighted by molar-refractivity contribution is -0.149. The van der Waals surface area contributed by atoms with Crippen molar-refractivity contribution in [2.45, 2.75) is 52.0 Å². The van der Waals surface area contributed by atoms with Crippen LogP contribution in [0.4, 0.5) is 0 Å². The number of carbonyl (C=O) groups excluding carboxylic acids is 2. The lowest BCUT2D eigenvalue weighted by atomic mass is 9.97. The molecule has 0 fully saturated rings. The summed E-state index contributed by atoms with van der Waals surface area (Å²) in [6, 6.07) is -1.23. The molecule has 0 spiro atoms. The Morgan fingerprint density at radius 3 is 2.05 bits per heavy atom. The molecule has 0 aliphatic rings. The highest BCUT2D eigenvalue weighted by Gasteiger charge is 2.26. The second-order valence-electron chi connectivity index (χ2n) is 4.45. The Hall–Kier alpha value is -1.59. The zero-order valence-corrected chi connectivity index (χ0v) is 11.8. The summed E-state index contributed by atoms with van der Waals surface area (Å²) in [7, 11) is 1.18. The topological polar surface area (TPSA) is 92.7 Å². The summed E-state index contributed by atoms with van der Waals surface area (Å²) in [5.41, 5.74) is 0. The summed E-state index contributed by atoms with van der Waals surface area (Å²) in [4.78, 5) is 34.1. The number of nitrogens with one attached hydrogen (secondary N) is 1. The first kappa shape index (κ1) is 17.4. The van der Waals surface area contributed by atoms with Gasteiger partial charge in [0.15, 0.2) is 0 Å². The molecule has 0 bridgehead atoms. The number of rotatable bonds is 9. The molecule has 0 aromatic rings. The molecule has 6 heteroatoms. The van der Waals surface area contributed by atoms with E-state index in [4.69, 9.17) is 5.11 Å². The summed E-state index contributed by atoms with van der Waals surface area (Å²) in [6.45, 7) is 3.94. The number of carboxylic acid groups (broad SMARTS) is 1. The fourth-order valence-electron chi connectivity index (χ4n) is 1.84. The largest absolute Gasteiger partial charge is 0.480 e. The van der Waals surface area contributed by atoms with Gasteiger partial charge in [0.2, 0.25) is 5.91 Å². The number of amides is 1. The molecular weight excluding hydrogens is 250 g/mol. The molecule has 0 aromatic heterocycles. The van der Waals surface area contributed by atoms with Crippen LogP contribution in [0, 0.1) is 5.92 Å². The second kappa shape index (κ2) is 9.35. The van der Waals surface area contributed by atoms with Crippen LogP contribution in [-0.2, 0) is 19.1 Å². The van der Waals surface area contributed by atoms with Crippen LogP contribution in [0.15, 0.2) is 0 Å². The van der Waals surface area contributed by atoms with E-state index in [-0.39, 0.29) is 18.2 Å². The van der Waals surface area contributed by atoms with Crippen LogP contribution in [0.1, 0.15) is 46.0 Å². The van der Waals surface area contributed by atoms with Gasteiger partial charge < -0.3 is 15.2 Å². The molecule has 0 rings (SSSR count). The molecule has 0 aromatic carbocycles. The van der Waals surface area contributed by atoms with E-state index in [2.05, 4.69) is 10.1 Å². The molecule has 1 amide bonds. The summed E-state index contributed by atoms with van der Waals surface area (Å²) in [5, 5.41) is 11.4. The minimum Gasteiger partial charge on any atom is -0.480 e. The number of ether oxygens (including phenoxy) is 1. The molecule has 0 unspecified atom stereocenters. The van der Waals surface area contributed by atoms with E-state index in [0.29, 0.717) is 12.8 Å². The molecule has 0 aliphatic carbocycles.